The largest absolute Gasteiger partial charge is 0.330 e. The van der Waals surface area contributed by atoms with Gasteiger partial charge in [0, 0.05) is 0 Å². The normalized spacial score (nSPS) is 9.25. The fraction of sp³-hybridized carbons (Fsp3) is 0.250. The molecule has 0 amide bonds. The molecule has 1 rings (SSSR count). The van der Waals surface area contributed by atoms with Crippen molar-refractivity contribution in [3.8, 4) is 0 Å². The first kappa shape index (κ1) is 11.3. The molecule has 0 saturated carbocycles. The van der Waals surface area contributed by atoms with E-state index in [-0.39, 0.29) is 12.4 Å². The molecule has 0 aliphatic heterocycles. The van der Waals surface area contributed by atoms with Crippen molar-refractivity contribution in [1.29, 1.82) is 0 Å². The van der Waals surface area contributed by atoms with Gasteiger partial charge in [0.25, 0.3) is 0 Å². The molecule has 0 unspecified atom stereocenters. The van der Waals surface area contributed by atoms with Gasteiger partial charge in [-0.05, 0) is 36.7 Å². The molecule has 68 valence electrons. The molecule has 4 heteroatoms. The van der Waals surface area contributed by atoms with E-state index in [4.69, 9.17) is 5.73 Å². The number of rotatable bonds is 2. The van der Waals surface area contributed by atoms with Crippen LogP contribution in [0.2, 0.25) is 0 Å². The molecule has 1 aromatic carbocycles. The molecule has 0 aliphatic carbocycles. The van der Waals surface area contributed by atoms with E-state index in [1.54, 1.807) is 0 Å². The molecule has 0 fully saturated rings. The van der Waals surface area contributed by atoms with E-state index >= 15 is 0 Å². The minimum Gasteiger partial charge on any atom is -0.330 e. The number of hydrogen-bond donors (Lipinski definition) is 1. The maximum atomic E-state index is 12.7. The maximum absolute atomic E-state index is 12.7. The summed E-state index contributed by atoms with van der Waals surface area (Å²) in [7, 11) is 0. The maximum Gasteiger partial charge on any atom is 0.126 e. The second kappa shape index (κ2) is 5.06. The molecular formula is C8H10ClF2N. The Balaban J connectivity index is 0.00000121. The monoisotopic (exact) mass is 193 g/mol. The Kier molecular flexibility index (Phi) is 4.78. The molecule has 0 spiro atoms. The predicted molar refractivity (Wildman–Crippen MR) is 46.4 cm³/mol. The minimum absolute atomic E-state index is 0. The summed E-state index contributed by atoms with van der Waals surface area (Å²) in [5.74, 6) is -0.813. The Morgan fingerprint density at radius 2 is 1.92 bits per heavy atom. The molecule has 1 nitrogen and oxygen atoms in total. The van der Waals surface area contributed by atoms with Gasteiger partial charge in [-0.25, -0.2) is 8.78 Å². The van der Waals surface area contributed by atoms with Gasteiger partial charge in [0.05, 0.1) is 0 Å². The van der Waals surface area contributed by atoms with Gasteiger partial charge >= 0.3 is 0 Å². The Bertz CT molecular complexity index is 253. The van der Waals surface area contributed by atoms with Gasteiger partial charge in [0.1, 0.15) is 11.6 Å². The summed E-state index contributed by atoms with van der Waals surface area (Å²) in [5.41, 5.74) is 5.53. The topological polar surface area (TPSA) is 26.0 Å². The third-order valence-corrected chi connectivity index (χ3v) is 1.42. The smallest absolute Gasteiger partial charge is 0.126 e. The summed E-state index contributed by atoms with van der Waals surface area (Å²) >= 11 is 0. The highest BCUT2D eigenvalue weighted by Gasteiger charge is 2.01. The number of benzene rings is 1. The van der Waals surface area contributed by atoms with E-state index in [1.165, 1.54) is 6.07 Å². The van der Waals surface area contributed by atoms with Crippen LogP contribution in [0.4, 0.5) is 8.78 Å². The lowest BCUT2D eigenvalue weighted by Crippen LogP contribution is -2.04. The van der Waals surface area contributed by atoms with Crippen LogP contribution in [0.1, 0.15) is 5.56 Å². The molecule has 0 heterocycles. The van der Waals surface area contributed by atoms with Crippen LogP contribution >= 0.6 is 12.4 Å². The van der Waals surface area contributed by atoms with Crippen LogP contribution in [0.15, 0.2) is 18.2 Å². The highest BCUT2D eigenvalue weighted by molar-refractivity contribution is 5.85. The van der Waals surface area contributed by atoms with Gasteiger partial charge in [-0.15, -0.1) is 12.4 Å². The summed E-state index contributed by atoms with van der Waals surface area (Å²) < 4.78 is 25.2. The molecule has 0 aromatic heterocycles. The van der Waals surface area contributed by atoms with Gasteiger partial charge in [-0.2, -0.15) is 0 Å². The van der Waals surface area contributed by atoms with Crippen LogP contribution in [0, 0.1) is 11.6 Å². The Hall–Kier alpha value is -0.670. The molecule has 0 bridgehead atoms. The Morgan fingerprint density at radius 1 is 1.25 bits per heavy atom. The zero-order valence-electron chi connectivity index (χ0n) is 6.39. The lowest BCUT2D eigenvalue weighted by atomic mass is 10.1. The minimum atomic E-state index is -0.421. The second-order valence-corrected chi connectivity index (χ2v) is 2.27. The quantitative estimate of drug-likeness (QED) is 0.763. The highest BCUT2D eigenvalue weighted by atomic mass is 35.5. The van der Waals surface area contributed by atoms with Crippen molar-refractivity contribution in [3.05, 3.63) is 35.4 Å². The van der Waals surface area contributed by atoms with Gasteiger partial charge in [-0.1, -0.05) is 0 Å². The average Bonchev–Trinajstić information content (AvgIpc) is 1.98. The van der Waals surface area contributed by atoms with E-state index in [2.05, 4.69) is 0 Å². The van der Waals surface area contributed by atoms with Crippen molar-refractivity contribution in [2.75, 3.05) is 6.54 Å². The third kappa shape index (κ3) is 2.75. The van der Waals surface area contributed by atoms with Gasteiger partial charge in [0.15, 0.2) is 0 Å². The Morgan fingerprint density at radius 3 is 2.50 bits per heavy atom. The lowest BCUT2D eigenvalue weighted by molar-refractivity contribution is 0.585. The molecule has 0 atom stereocenters. The summed E-state index contributed by atoms with van der Waals surface area (Å²) in [6.45, 7) is 0.334. The van der Waals surface area contributed by atoms with Crippen LogP contribution in [-0.4, -0.2) is 6.54 Å². The molecule has 0 radical (unpaired) electrons. The molecular weight excluding hydrogens is 184 g/mol. The number of halogens is 3. The lowest BCUT2D eigenvalue weighted by Gasteiger charge is -1.99. The second-order valence-electron chi connectivity index (χ2n) is 2.27. The molecule has 1 aromatic rings. The molecule has 12 heavy (non-hydrogen) atoms. The van der Waals surface area contributed by atoms with Crippen molar-refractivity contribution < 1.29 is 8.78 Å². The van der Waals surface area contributed by atoms with Gasteiger partial charge in [-0.3, -0.25) is 0 Å². The number of nitrogens with two attached hydrogens (primary N) is 1. The van der Waals surface area contributed by atoms with Crippen LogP contribution in [0.5, 0.6) is 0 Å². The zero-order chi connectivity index (χ0) is 8.27. The predicted octanol–water partition coefficient (Wildman–Crippen LogP) is 1.89. The van der Waals surface area contributed by atoms with Crippen molar-refractivity contribution in [2.24, 2.45) is 5.73 Å². The number of hydrogen-bond acceptors (Lipinski definition) is 1. The van der Waals surface area contributed by atoms with E-state index < -0.39 is 11.6 Å². The highest BCUT2D eigenvalue weighted by Crippen LogP contribution is 2.09. The van der Waals surface area contributed by atoms with E-state index in [1.807, 2.05) is 0 Å². The van der Waals surface area contributed by atoms with Crippen molar-refractivity contribution in [3.63, 3.8) is 0 Å². The summed E-state index contributed by atoms with van der Waals surface area (Å²) in [4.78, 5) is 0. The van der Waals surface area contributed by atoms with Crippen LogP contribution in [-0.2, 0) is 6.42 Å². The van der Waals surface area contributed by atoms with E-state index in [9.17, 15) is 8.78 Å². The fourth-order valence-corrected chi connectivity index (χ4v) is 0.890. The van der Waals surface area contributed by atoms with E-state index in [0.29, 0.717) is 18.5 Å². The summed E-state index contributed by atoms with van der Waals surface area (Å²) in [6.07, 6.45) is 0.379. The van der Waals surface area contributed by atoms with Crippen LogP contribution < -0.4 is 5.73 Å². The first-order valence-electron chi connectivity index (χ1n) is 3.38. The molecule has 0 aliphatic rings. The first-order chi connectivity index (χ1) is 5.24. The fourth-order valence-electron chi connectivity index (χ4n) is 0.890. The standard InChI is InChI=1S/C8H9F2N.ClH/c9-7-1-2-8(10)6(5-7)3-4-11;/h1-2,5H,3-4,11H2;1H. The third-order valence-electron chi connectivity index (χ3n) is 1.42. The SMILES string of the molecule is Cl.NCCc1cc(F)ccc1F. The van der Waals surface area contributed by atoms with E-state index in [0.717, 1.165) is 12.1 Å². The van der Waals surface area contributed by atoms with Gasteiger partial charge in [0.2, 0.25) is 0 Å². The first-order valence-corrected chi connectivity index (χ1v) is 3.38. The van der Waals surface area contributed by atoms with Crippen molar-refractivity contribution >= 4 is 12.4 Å². The molecule has 2 N–H and O–H groups in total. The Labute approximate surface area is 76.0 Å². The van der Waals surface area contributed by atoms with Crippen LogP contribution in [0.3, 0.4) is 0 Å². The van der Waals surface area contributed by atoms with Crippen molar-refractivity contribution in [1.82, 2.24) is 0 Å². The average molecular weight is 194 g/mol. The van der Waals surface area contributed by atoms with Crippen LogP contribution in [0.25, 0.3) is 0 Å². The van der Waals surface area contributed by atoms with Crippen molar-refractivity contribution in [2.45, 2.75) is 6.42 Å². The van der Waals surface area contributed by atoms with Gasteiger partial charge < -0.3 is 5.73 Å². The zero-order valence-corrected chi connectivity index (χ0v) is 7.20. The molecule has 0 saturated heterocycles. The summed E-state index contributed by atoms with van der Waals surface area (Å²) in [5, 5.41) is 0. The summed E-state index contributed by atoms with van der Waals surface area (Å²) in [6, 6.07) is 3.37.